The van der Waals surface area contributed by atoms with Crippen LogP contribution in [-0.4, -0.2) is 41.2 Å². The van der Waals surface area contributed by atoms with E-state index >= 15 is 0 Å². The SMILES string of the molecule is CCCC[C@H](C(=O)OCC(=O)Nc1cc(C)cc(C)c1)N1C(=O)[C@H]2C3c4ccccc4C(c4ccccc43)[C@@H]2C1=O. The van der Waals surface area contributed by atoms with Gasteiger partial charge in [-0.25, -0.2) is 4.79 Å². The molecule has 3 aromatic rings. The molecule has 7 heteroatoms. The number of hydrogen-bond acceptors (Lipinski definition) is 5. The van der Waals surface area contributed by atoms with Crippen LogP contribution in [0.2, 0.25) is 0 Å². The summed E-state index contributed by atoms with van der Waals surface area (Å²) in [6.07, 6.45) is 1.70. The second-order valence-electron chi connectivity index (χ2n) is 11.5. The van der Waals surface area contributed by atoms with Crippen molar-refractivity contribution in [2.24, 2.45) is 11.8 Å². The topological polar surface area (TPSA) is 92.8 Å². The number of unbranched alkanes of at least 4 members (excludes halogenated alkanes) is 1. The van der Waals surface area contributed by atoms with Crippen LogP contribution in [0.15, 0.2) is 66.7 Å². The third-order valence-electron chi connectivity index (χ3n) is 8.75. The third-order valence-corrected chi connectivity index (χ3v) is 8.75. The zero-order chi connectivity index (χ0) is 28.8. The fraction of sp³-hybridized carbons (Fsp3) is 0.353. The Hall–Kier alpha value is -4.26. The van der Waals surface area contributed by atoms with E-state index in [1.807, 2.05) is 63.2 Å². The van der Waals surface area contributed by atoms with E-state index in [1.165, 1.54) is 4.90 Å². The van der Waals surface area contributed by atoms with Gasteiger partial charge in [0, 0.05) is 17.5 Å². The average Bonchev–Trinajstić information content (AvgIpc) is 3.22. The quantitative estimate of drug-likeness (QED) is 0.306. The van der Waals surface area contributed by atoms with Crippen LogP contribution >= 0.6 is 0 Å². The van der Waals surface area contributed by atoms with E-state index in [4.69, 9.17) is 4.74 Å². The van der Waals surface area contributed by atoms with Crippen molar-refractivity contribution < 1.29 is 23.9 Å². The van der Waals surface area contributed by atoms with Gasteiger partial charge in [0.05, 0.1) is 11.8 Å². The molecule has 4 aliphatic rings. The highest BCUT2D eigenvalue weighted by molar-refractivity contribution is 6.10. The molecule has 3 aliphatic carbocycles. The minimum atomic E-state index is -1.07. The molecule has 0 aromatic heterocycles. The highest BCUT2D eigenvalue weighted by atomic mass is 16.5. The number of carbonyl (C=O) groups excluding carboxylic acids is 4. The highest BCUT2D eigenvalue weighted by Gasteiger charge is 2.63. The van der Waals surface area contributed by atoms with E-state index in [1.54, 1.807) is 0 Å². The Morgan fingerprint density at radius 1 is 0.829 bits per heavy atom. The summed E-state index contributed by atoms with van der Waals surface area (Å²) in [6, 6.07) is 20.7. The smallest absolute Gasteiger partial charge is 0.329 e. The maximum absolute atomic E-state index is 14.1. The molecule has 3 amide bonds. The third kappa shape index (κ3) is 4.53. The average molecular weight is 551 g/mol. The van der Waals surface area contributed by atoms with Gasteiger partial charge >= 0.3 is 5.97 Å². The lowest BCUT2D eigenvalue weighted by molar-refractivity contribution is -0.160. The summed E-state index contributed by atoms with van der Waals surface area (Å²) in [7, 11) is 0. The van der Waals surface area contributed by atoms with Gasteiger partial charge in [-0.3, -0.25) is 19.3 Å². The number of benzene rings is 3. The van der Waals surface area contributed by atoms with Crippen molar-refractivity contribution in [2.45, 2.75) is 57.9 Å². The van der Waals surface area contributed by atoms with Gasteiger partial charge in [-0.2, -0.15) is 0 Å². The first-order chi connectivity index (χ1) is 19.8. The van der Waals surface area contributed by atoms with E-state index in [2.05, 4.69) is 29.6 Å². The Bertz CT molecular complexity index is 1430. The van der Waals surface area contributed by atoms with Gasteiger partial charge in [0.2, 0.25) is 11.8 Å². The molecule has 2 bridgehead atoms. The number of rotatable bonds is 8. The number of hydrogen-bond donors (Lipinski definition) is 1. The molecule has 0 spiro atoms. The van der Waals surface area contributed by atoms with E-state index in [0.29, 0.717) is 18.5 Å². The molecule has 7 nitrogen and oxygen atoms in total. The van der Waals surface area contributed by atoms with Gasteiger partial charge in [0.25, 0.3) is 5.91 Å². The second-order valence-corrected chi connectivity index (χ2v) is 11.5. The van der Waals surface area contributed by atoms with Crippen molar-refractivity contribution in [3.63, 3.8) is 0 Å². The predicted molar refractivity (Wildman–Crippen MR) is 154 cm³/mol. The number of aryl methyl sites for hydroxylation is 2. The fourth-order valence-electron chi connectivity index (χ4n) is 7.23. The van der Waals surface area contributed by atoms with Crippen molar-refractivity contribution in [3.05, 3.63) is 100 Å². The Labute approximate surface area is 239 Å². The minimum Gasteiger partial charge on any atom is -0.454 e. The van der Waals surface area contributed by atoms with E-state index < -0.39 is 36.4 Å². The van der Waals surface area contributed by atoms with Crippen molar-refractivity contribution in [1.82, 2.24) is 4.90 Å². The van der Waals surface area contributed by atoms with Crippen LogP contribution in [0.5, 0.6) is 0 Å². The number of anilines is 1. The van der Waals surface area contributed by atoms with Crippen molar-refractivity contribution in [3.8, 4) is 0 Å². The maximum atomic E-state index is 14.1. The fourth-order valence-corrected chi connectivity index (χ4v) is 7.23. The van der Waals surface area contributed by atoms with Gasteiger partial charge in [-0.15, -0.1) is 0 Å². The molecule has 3 aromatic carbocycles. The Kier molecular flexibility index (Phi) is 6.98. The minimum absolute atomic E-state index is 0.245. The molecule has 1 aliphatic heterocycles. The lowest BCUT2D eigenvalue weighted by atomic mass is 9.55. The maximum Gasteiger partial charge on any atom is 0.329 e. The van der Waals surface area contributed by atoms with E-state index in [0.717, 1.165) is 39.8 Å². The molecule has 1 N–H and O–H groups in total. The zero-order valence-electron chi connectivity index (χ0n) is 23.6. The predicted octanol–water partition coefficient (Wildman–Crippen LogP) is 5.24. The molecule has 1 saturated heterocycles. The van der Waals surface area contributed by atoms with Gasteiger partial charge in [0.15, 0.2) is 6.61 Å². The number of carbonyl (C=O) groups is 4. The van der Waals surface area contributed by atoms with E-state index in [-0.39, 0.29) is 23.7 Å². The number of imide groups is 1. The summed E-state index contributed by atoms with van der Waals surface area (Å²) in [5.41, 5.74) is 6.94. The monoisotopic (exact) mass is 550 g/mol. The zero-order valence-corrected chi connectivity index (χ0v) is 23.6. The molecule has 0 saturated carbocycles. The van der Waals surface area contributed by atoms with Crippen molar-refractivity contribution in [1.29, 1.82) is 0 Å². The molecular weight excluding hydrogens is 516 g/mol. The number of ether oxygens (including phenoxy) is 1. The Morgan fingerprint density at radius 3 is 1.78 bits per heavy atom. The van der Waals surface area contributed by atoms with Crippen LogP contribution in [0.3, 0.4) is 0 Å². The van der Waals surface area contributed by atoms with Gasteiger partial charge in [-0.05, 0) is 65.8 Å². The van der Waals surface area contributed by atoms with Crippen molar-refractivity contribution in [2.75, 3.05) is 11.9 Å². The molecular formula is C34H34N2O5. The molecule has 41 heavy (non-hydrogen) atoms. The number of amides is 3. The highest BCUT2D eigenvalue weighted by Crippen LogP contribution is 2.61. The first-order valence-electron chi connectivity index (χ1n) is 14.4. The van der Waals surface area contributed by atoms with Crippen molar-refractivity contribution >= 4 is 29.4 Å². The number of esters is 1. The van der Waals surface area contributed by atoms with Gasteiger partial charge < -0.3 is 10.1 Å². The lowest BCUT2D eigenvalue weighted by Crippen LogP contribution is -2.47. The Morgan fingerprint density at radius 2 is 1.32 bits per heavy atom. The molecule has 1 fully saturated rings. The van der Waals surface area contributed by atoms with Crippen LogP contribution in [0.1, 0.15) is 71.4 Å². The first kappa shape index (κ1) is 26.9. The normalized spacial score (nSPS) is 22.6. The van der Waals surface area contributed by atoms with Gasteiger partial charge in [-0.1, -0.05) is 74.4 Å². The molecule has 3 atom stereocenters. The number of nitrogens with zero attached hydrogens (tertiary/aromatic N) is 1. The van der Waals surface area contributed by atoms with Crippen LogP contribution in [0, 0.1) is 25.7 Å². The summed E-state index contributed by atoms with van der Waals surface area (Å²) in [5, 5.41) is 2.77. The van der Waals surface area contributed by atoms with Crippen LogP contribution in [0.25, 0.3) is 0 Å². The lowest BCUT2D eigenvalue weighted by Gasteiger charge is -2.45. The Balaban J connectivity index is 1.26. The first-order valence-corrected chi connectivity index (χ1v) is 14.4. The van der Waals surface area contributed by atoms with Crippen LogP contribution in [0.4, 0.5) is 5.69 Å². The summed E-state index contributed by atoms with van der Waals surface area (Å²) in [5.74, 6) is -3.47. The van der Waals surface area contributed by atoms with E-state index in [9.17, 15) is 19.2 Å². The summed E-state index contributed by atoms with van der Waals surface area (Å²) in [6.45, 7) is 5.36. The number of nitrogens with one attached hydrogen (secondary N) is 1. The molecule has 0 unspecified atom stereocenters. The summed E-state index contributed by atoms with van der Waals surface area (Å²) >= 11 is 0. The summed E-state index contributed by atoms with van der Waals surface area (Å²) < 4.78 is 5.45. The molecule has 1 heterocycles. The standard InChI is InChI=1S/C34H34N2O5/c1-4-5-14-26(34(40)41-18-27(37)35-21-16-19(2)15-20(3)17-21)36-32(38)30-28-22-10-6-7-11-23(22)29(31(30)33(36)39)25-13-9-8-12-24(25)28/h6-13,15-17,26,28-31H,4-5,14,18H2,1-3H3,(H,35,37)/t26-,28?,29?,30+,31+/m1/s1. The number of likely N-dealkylation sites (tertiary alicyclic amines) is 1. The molecule has 7 rings (SSSR count). The molecule has 210 valence electrons. The largest absolute Gasteiger partial charge is 0.454 e. The van der Waals surface area contributed by atoms with Gasteiger partial charge in [0.1, 0.15) is 6.04 Å². The summed E-state index contributed by atoms with van der Waals surface area (Å²) in [4.78, 5) is 55.5. The van der Waals surface area contributed by atoms with Crippen LogP contribution in [-0.2, 0) is 23.9 Å². The molecule has 0 radical (unpaired) electrons. The second kappa shape index (κ2) is 10.6. The van der Waals surface area contributed by atoms with Crippen LogP contribution < -0.4 is 5.32 Å².